The molecule has 2 N–H and O–H groups in total. The van der Waals surface area contributed by atoms with Crippen molar-refractivity contribution in [3.8, 4) is 0 Å². The highest BCUT2D eigenvalue weighted by Gasteiger charge is 2.24. The Morgan fingerprint density at radius 1 is 1.36 bits per heavy atom. The van der Waals surface area contributed by atoms with Crippen LogP contribution in [0.5, 0.6) is 0 Å². The largest absolute Gasteiger partial charge is 0.347 e. The second kappa shape index (κ2) is 9.18. The van der Waals surface area contributed by atoms with Gasteiger partial charge in [0.2, 0.25) is 5.91 Å². The van der Waals surface area contributed by atoms with Crippen molar-refractivity contribution < 1.29 is 4.79 Å². The molecule has 8 nitrogen and oxygen atoms in total. The molecule has 0 bridgehead atoms. The number of hydrogen-bond donors (Lipinski definition) is 2. The molecule has 2 heterocycles. The predicted molar refractivity (Wildman–Crippen MR) is 112 cm³/mol. The first-order valence-electron chi connectivity index (χ1n) is 9.33. The fraction of sp³-hybridized carbons (Fsp3) is 0.474. The average molecular weight is 448 g/mol. The summed E-state index contributed by atoms with van der Waals surface area (Å²) in [5.41, 5.74) is 1.09. The summed E-state index contributed by atoms with van der Waals surface area (Å²) < 4.78 is 2.98. The lowest BCUT2D eigenvalue weighted by atomic mass is 10.1. The number of aryl methyl sites for hydroxylation is 2. The van der Waals surface area contributed by atoms with Crippen LogP contribution in [0.25, 0.3) is 0 Å². The molecule has 28 heavy (non-hydrogen) atoms. The third-order valence-electron chi connectivity index (χ3n) is 4.53. The number of aliphatic imine (C=N–C) groups is 1. The van der Waals surface area contributed by atoms with Crippen LogP contribution in [0, 0.1) is 6.92 Å². The SMILES string of the molecule is Cc1nc2n(n1)CCCC2NC(=NCc1ccc(Br)cc1)NCC(=O)N(C)C. The number of hydrogen-bond acceptors (Lipinski definition) is 4. The van der Waals surface area contributed by atoms with Gasteiger partial charge < -0.3 is 15.5 Å². The van der Waals surface area contributed by atoms with Gasteiger partial charge in [0.1, 0.15) is 11.6 Å². The molecular weight excluding hydrogens is 422 g/mol. The molecule has 1 aromatic heterocycles. The third-order valence-corrected chi connectivity index (χ3v) is 5.06. The van der Waals surface area contributed by atoms with Crippen molar-refractivity contribution in [1.29, 1.82) is 0 Å². The number of benzene rings is 1. The highest BCUT2D eigenvalue weighted by Crippen LogP contribution is 2.22. The maximum absolute atomic E-state index is 12.0. The Bertz CT molecular complexity index is 844. The Morgan fingerprint density at radius 3 is 2.82 bits per heavy atom. The van der Waals surface area contributed by atoms with Crippen LogP contribution in [0.4, 0.5) is 0 Å². The van der Waals surface area contributed by atoms with Crippen LogP contribution in [-0.4, -0.2) is 52.2 Å². The van der Waals surface area contributed by atoms with Crippen LogP contribution in [0.3, 0.4) is 0 Å². The van der Waals surface area contributed by atoms with E-state index in [1.807, 2.05) is 35.9 Å². The number of carbonyl (C=O) groups is 1. The van der Waals surface area contributed by atoms with Gasteiger partial charge in [-0.05, 0) is 37.5 Å². The molecule has 1 aromatic carbocycles. The van der Waals surface area contributed by atoms with Gasteiger partial charge in [0.05, 0.1) is 19.1 Å². The van der Waals surface area contributed by atoms with Crippen LogP contribution in [0.1, 0.15) is 36.1 Å². The minimum Gasteiger partial charge on any atom is -0.347 e. The molecule has 1 unspecified atom stereocenters. The number of halogens is 1. The lowest BCUT2D eigenvalue weighted by Crippen LogP contribution is -2.45. The minimum absolute atomic E-state index is 0.0132. The number of aromatic nitrogens is 3. The monoisotopic (exact) mass is 447 g/mol. The molecule has 0 radical (unpaired) electrons. The van der Waals surface area contributed by atoms with Gasteiger partial charge >= 0.3 is 0 Å². The molecule has 150 valence electrons. The van der Waals surface area contributed by atoms with Crippen molar-refractivity contribution in [3.63, 3.8) is 0 Å². The maximum atomic E-state index is 12.0. The van der Waals surface area contributed by atoms with E-state index < -0.39 is 0 Å². The van der Waals surface area contributed by atoms with Crippen molar-refractivity contribution in [1.82, 2.24) is 30.3 Å². The van der Waals surface area contributed by atoms with E-state index in [1.165, 1.54) is 0 Å². The van der Waals surface area contributed by atoms with E-state index in [9.17, 15) is 4.79 Å². The molecule has 9 heteroatoms. The number of likely N-dealkylation sites (N-methyl/N-ethyl adjacent to an activating group) is 1. The van der Waals surface area contributed by atoms with E-state index in [4.69, 9.17) is 0 Å². The average Bonchev–Trinajstić information content (AvgIpc) is 3.06. The van der Waals surface area contributed by atoms with Crippen LogP contribution in [0.2, 0.25) is 0 Å². The molecule has 2 aromatic rings. The lowest BCUT2D eigenvalue weighted by Gasteiger charge is -2.25. The van der Waals surface area contributed by atoms with Gasteiger partial charge in [-0.2, -0.15) is 5.10 Å². The Morgan fingerprint density at radius 2 is 2.11 bits per heavy atom. The Hall–Kier alpha value is -2.42. The van der Waals surface area contributed by atoms with Crippen LogP contribution < -0.4 is 10.6 Å². The third kappa shape index (κ3) is 5.31. The molecule has 0 aliphatic carbocycles. The molecule has 3 rings (SSSR count). The normalized spacial score (nSPS) is 16.4. The Balaban J connectivity index is 1.74. The van der Waals surface area contributed by atoms with Crippen molar-refractivity contribution in [3.05, 3.63) is 46.0 Å². The highest BCUT2D eigenvalue weighted by molar-refractivity contribution is 9.10. The quantitative estimate of drug-likeness (QED) is 0.540. The van der Waals surface area contributed by atoms with Gasteiger partial charge in [-0.15, -0.1) is 0 Å². The number of fused-ring (bicyclic) bond motifs is 1. The zero-order valence-corrected chi connectivity index (χ0v) is 18.0. The van der Waals surface area contributed by atoms with E-state index in [-0.39, 0.29) is 18.5 Å². The van der Waals surface area contributed by atoms with Crippen LogP contribution in [-0.2, 0) is 17.9 Å². The summed E-state index contributed by atoms with van der Waals surface area (Å²) in [6.07, 6.45) is 1.96. The van der Waals surface area contributed by atoms with E-state index in [0.717, 1.165) is 41.1 Å². The second-order valence-electron chi connectivity index (χ2n) is 7.01. The summed E-state index contributed by atoms with van der Waals surface area (Å²) in [7, 11) is 3.48. The fourth-order valence-electron chi connectivity index (χ4n) is 3.00. The second-order valence-corrected chi connectivity index (χ2v) is 7.93. The number of nitrogens with one attached hydrogen (secondary N) is 2. The summed E-state index contributed by atoms with van der Waals surface area (Å²) in [6.45, 7) is 3.47. The smallest absolute Gasteiger partial charge is 0.241 e. The lowest BCUT2D eigenvalue weighted by molar-refractivity contribution is -0.127. The first-order valence-corrected chi connectivity index (χ1v) is 10.1. The molecule has 0 spiro atoms. The van der Waals surface area contributed by atoms with Gasteiger partial charge in [-0.1, -0.05) is 28.1 Å². The zero-order valence-electron chi connectivity index (χ0n) is 16.4. The first-order chi connectivity index (χ1) is 13.4. The molecule has 1 aliphatic heterocycles. The summed E-state index contributed by atoms with van der Waals surface area (Å²) in [4.78, 5) is 22.8. The van der Waals surface area contributed by atoms with Gasteiger partial charge in [-0.25, -0.2) is 14.7 Å². The molecule has 1 amide bonds. The molecular formula is C19H26BrN7O. The predicted octanol–water partition coefficient (Wildman–Crippen LogP) is 2.01. The number of nitrogens with zero attached hydrogens (tertiary/aromatic N) is 5. The van der Waals surface area contributed by atoms with Crippen molar-refractivity contribution in [2.75, 3.05) is 20.6 Å². The summed E-state index contributed by atoms with van der Waals surface area (Å²) in [5.74, 6) is 2.27. The van der Waals surface area contributed by atoms with Gasteiger partial charge in [0.15, 0.2) is 5.96 Å². The molecule has 0 fully saturated rings. The summed E-state index contributed by atoms with van der Waals surface area (Å²) in [6, 6.07) is 8.05. The van der Waals surface area contributed by atoms with Crippen LogP contribution >= 0.6 is 15.9 Å². The van der Waals surface area contributed by atoms with Gasteiger partial charge in [0, 0.05) is 25.1 Å². The standard InChI is InChI=1S/C19H26BrN7O/c1-13-23-18-16(5-4-10-27(18)25-13)24-19(22-12-17(28)26(2)3)21-11-14-6-8-15(20)9-7-14/h6-9,16H,4-5,10-12H2,1-3H3,(H2,21,22,24). The summed E-state index contributed by atoms with van der Waals surface area (Å²) >= 11 is 3.45. The van der Waals surface area contributed by atoms with Gasteiger partial charge in [0.25, 0.3) is 0 Å². The maximum Gasteiger partial charge on any atom is 0.241 e. The number of rotatable bonds is 5. The fourth-order valence-corrected chi connectivity index (χ4v) is 3.26. The molecule has 0 saturated carbocycles. The van der Waals surface area contributed by atoms with E-state index in [1.54, 1.807) is 19.0 Å². The summed E-state index contributed by atoms with van der Waals surface area (Å²) in [5, 5.41) is 11.0. The van der Waals surface area contributed by atoms with E-state index >= 15 is 0 Å². The Labute approximate surface area is 173 Å². The van der Waals surface area contributed by atoms with Crippen molar-refractivity contribution >= 4 is 27.8 Å². The number of amides is 1. The van der Waals surface area contributed by atoms with Crippen molar-refractivity contribution in [2.24, 2.45) is 4.99 Å². The van der Waals surface area contributed by atoms with Gasteiger partial charge in [-0.3, -0.25) is 4.79 Å². The first kappa shape index (κ1) is 20.3. The van der Waals surface area contributed by atoms with E-state index in [2.05, 4.69) is 41.6 Å². The Kier molecular flexibility index (Phi) is 6.66. The topological polar surface area (TPSA) is 87.4 Å². The number of guanidine groups is 1. The molecule has 1 atom stereocenters. The van der Waals surface area contributed by atoms with Crippen molar-refractivity contribution in [2.45, 2.75) is 38.9 Å². The zero-order chi connectivity index (χ0) is 20.1. The van der Waals surface area contributed by atoms with Crippen LogP contribution in [0.15, 0.2) is 33.7 Å². The molecule has 1 aliphatic rings. The minimum atomic E-state index is -0.0132. The molecule has 0 saturated heterocycles. The number of carbonyl (C=O) groups excluding carboxylic acids is 1. The highest BCUT2D eigenvalue weighted by atomic mass is 79.9. The van der Waals surface area contributed by atoms with E-state index in [0.29, 0.717) is 12.5 Å².